The van der Waals surface area contributed by atoms with Gasteiger partial charge in [-0.3, -0.25) is 5.43 Å². The lowest BCUT2D eigenvalue weighted by molar-refractivity contribution is 0.597. The monoisotopic (exact) mass is 263 g/mol. The molecule has 1 rings (SSSR count). The highest BCUT2D eigenvalue weighted by Gasteiger charge is 2.05. The number of nitrogens with two attached hydrogens (primary N) is 1. The lowest BCUT2D eigenvalue weighted by atomic mass is 10.2. The van der Waals surface area contributed by atoms with Crippen LogP contribution in [-0.2, 0) is 15.8 Å². The molecule has 18 heavy (non-hydrogen) atoms. The van der Waals surface area contributed by atoms with Gasteiger partial charge in [0.05, 0.1) is 11.4 Å². The van der Waals surface area contributed by atoms with Gasteiger partial charge in [0.15, 0.2) is 0 Å². The highest BCUT2D eigenvalue weighted by molar-refractivity contribution is 7.88. The van der Waals surface area contributed by atoms with Crippen LogP contribution in [0.4, 0.5) is 5.69 Å². The van der Waals surface area contributed by atoms with Crippen molar-refractivity contribution in [2.45, 2.75) is 5.75 Å². The summed E-state index contributed by atoms with van der Waals surface area (Å²) in [5, 5.41) is 25.4. The SMILES string of the molecule is N#CC(C#N)=NNc1cccc(CS(N)(=O)=O)c1. The summed E-state index contributed by atoms with van der Waals surface area (Å²) in [5.74, 6) is -0.296. The van der Waals surface area contributed by atoms with Crippen LogP contribution in [0.2, 0.25) is 0 Å². The molecule has 0 aromatic heterocycles. The molecular weight excluding hydrogens is 254 g/mol. The molecule has 0 amide bonds. The van der Waals surface area contributed by atoms with Gasteiger partial charge in [0.2, 0.25) is 15.7 Å². The van der Waals surface area contributed by atoms with Crippen LogP contribution in [0.1, 0.15) is 5.56 Å². The van der Waals surface area contributed by atoms with E-state index in [0.29, 0.717) is 11.3 Å². The van der Waals surface area contributed by atoms with Crippen LogP contribution < -0.4 is 10.6 Å². The maximum Gasteiger partial charge on any atom is 0.237 e. The molecule has 0 unspecified atom stereocenters. The number of hydrogen-bond acceptors (Lipinski definition) is 6. The molecule has 0 fully saturated rings. The number of hydrazone groups is 1. The maximum atomic E-state index is 10.9. The highest BCUT2D eigenvalue weighted by Crippen LogP contribution is 2.12. The summed E-state index contributed by atoms with van der Waals surface area (Å²) in [4.78, 5) is 0. The average molecular weight is 263 g/mol. The third-order valence-electron chi connectivity index (χ3n) is 1.80. The van der Waals surface area contributed by atoms with E-state index < -0.39 is 10.0 Å². The molecule has 8 heteroatoms. The number of sulfonamides is 1. The van der Waals surface area contributed by atoms with Gasteiger partial charge in [-0.1, -0.05) is 12.1 Å². The summed E-state index contributed by atoms with van der Waals surface area (Å²) in [6, 6.07) is 9.50. The Morgan fingerprint density at radius 3 is 2.61 bits per heavy atom. The molecule has 92 valence electrons. The van der Waals surface area contributed by atoms with E-state index >= 15 is 0 Å². The summed E-state index contributed by atoms with van der Waals surface area (Å²) in [7, 11) is -3.60. The van der Waals surface area contributed by atoms with E-state index in [1.54, 1.807) is 30.3 Å². The van der Waals surface area contributed by atoms with Crippen molar-refractivity contribution in [2.24, 2.45) is 10.2 Å². The largest absolute Gasteiger partial charge is 0.277 e. The van der Waals surface area contributed by atoms with Crippen LogP contribution in [0, 0.1) is 22.7 Å². The first kappa shape index (κ1) is 13.6. The first-order valence-electron chi connectivity index (χ1n) is 4.68. The number of nitriles is 2. The van der Waals surface area contributed by atoms with Gasteiger partial charge in [0.25, 0.3) is 0 Å². The second-order valence-corrected chi connectivity index (χ2v) is 4.92. The van der Waals surface area contributed by atoms with Crippen molar-refractivity contribution >= 4 is 21.4 Å². The quantitative estimate of drug-likeness (QED) is 0.595. The van der Waals surface area contributed by atoms with Crippen LogP contribution in [0.15, 0.2) is 29.4 Å². The average Bonchev–Trinajstić information content (AvgIpc) is 2.28. The van der Waals surface area contributed by atoms with Crippen molar-refractivity contribution in [2.75, 3.05) is 5.43 Å². The number of primary sulfonamides is 1. The van der Waals surface area contributed by atoms with Crippen molar-refractivity contribution < 1.29 is 8.42 Å². The van der Waals surface area contributed by atoms with Gasteiger partial charge in [-0.15, -0.1) is 0 Å². The molecule has 0 heterocycles. The summed E-state index contributed by atoms with van der Waals surface area (Å²) < 4.78 is 21.8. The highest BCUT2D eigenvalue weighted by atomic mass is 32.2. The standard InChI is InChI=1S/C10H9N5O2S/c11-5-10(6-12)15-14-9-3-1-2-8(4-9)7-18(13,16)17/h1-4,14H,7H2,(H2,13,16,17). The minimum absolute atomic E-state index is 0.296. The van der Waals surface area contributed by atoms with E-state index in [-0.39, 0.29) is 11.5 Å². The van der Waals surface area contributed by atoms with E-state index in [2.05, 4.69) is 10.5 Å². The molecule has 7 nitrogen and oxygen atoms in total. The lowest BCUT2D eigenvalue weighted by Crippen LogP contribution is -2.14. The number of anilines is 1. The van der Waals surface area contributed by atoms with Crippen molar-refractivity contribution in [3.8, 4) is 12.1 Å². The Bertz CT molecular complexity index is 636. The predicted molar refractivity (Wildman–Crippen MR) is 65.5 cm³/mol. The third kappa shape index (κ3) is 4.61. The zero-order valence-corrected chi connectivity index (χ0v) is 9.98. The van der Waals surface area contributed by atoms with Gasteiger partial charge in [-0.25, -0.2) is 13.6 Å². The Kier molecular flexibility index (Phi) is 4.38. The van der Waals surface area contributed by atoms with Crippen molar-refractivity contribution in [1.29, 1.82) is 10.5 Å². The van der Waals surface area contributed by atoms with Gasteiger partial charge in [0, 0.05) is 0 Å². The first-order valence-corrected chi connectivity index (χ1v) is 6.39. The third-order valence-corrected chi connectivity index (χ3v) is 2.54. The molecule has 1 aromatic carbocycles. The Hall–Kier alpha value is -2.42. The summed E-state index contributed by atoms with van der Waals surface area (Å²) in [5.41, 5.74) is 3.09. The van der Waals surface area contributed by atoms with Crippen molar-refractivity contribution in [3.63, 3.8) is 0 Å². The number of nitrogens with zero attached hydrogens (tertiary/aromatic N) is 3. The molecule has 0 aliphatic heterocycles. The summed E-state index contributed by atoms with van der Waals surface area (Å²) in [6.07, 6.45) is 0. The molecule has 0 aliphatic rings. The van der Waals surface area contributed by atoms with E-state index in [1.165, 1.54) is 6.07 Å². The fraction of sp³-hybridized carbons (Fsp3) is 0.100. The van der Waals surface area contributed by atoms with E-state index in [1.807, 2.05) is 0 Å². The number of hydrogen-bond donors (Lipinski definition) is 2. The Morgan fingerprint density at radius 2 is 2.06 bits per heavy atom. The zero-order valence-electron chi connectivity index (χ0n) is 9.16. The number of benzene rings is 1. The summed E-state index contributed by atoms with van der Waals surface area (Å²) in [6.45, 7) is 0. The van der Waals surface area contributed by atoms with Crippen molar-refractivity contribution in [3.05, 3.63) is 29.8 Å². The van der Waals surface area contributed by atoms with Gasteiger partial charge >= 0.3 is 0 Å². The smallest absolute Gasteiger partial charge is 0.237 e. The maximum absolute atomic E-state index is 10.9. The van der Waals surface area contributed by atoms with Crippen LogP contribution >= 0.6 is 0 Å². The van der Waals surface area contributed by atoms with Crippen LogP contribution in [0.5, 0.6) is 0 Å². The first-order chi connectivity index (χ1) is 8.44. The van der Waals surface area contributed by atoms with Gasteiger partial charge in [-0.05, 0) is 17.7 Å². The fourth-order valence-corrected chi connectivity index (χ4v) is 1.80. The topological polar surface area (TPSA) is 132 Å². The lowest BCUT2D eigenvalue weighted by Gasteiger charge is -2.03. The molecule has 3 N–H and O–H groups in total. The molecule has 0 saturated carbocycles. The number of nitrogens with one attached hydrogen (secondary N) is 1. The minimum atomic E-state index is -3.60. The molecule has 0 atom stereocenters. The summed E-state index contributed by atoms with van der Waals surface area (Å²) >= 11 is 0. The molecule has 0 spiro atoms. The molecule has 0 bridgehead atoms. The Balaban J connectivity index is 2.88. The van der Waals surface area contributed by atoms with Gasteiger partial charge < -0.3 is 0 Å². The van der Waals surface area contributed by atoms with E-state index in [9.17, 15) is 8.42 Å². The van der Waals surface area contributed by atoms with Gasteiger partial charge in [-0.2, -0.15) is 15.6 Å². The molecule has 0 radical (unpaired) electrons. The number of rotatable bonds is 4. The second-order valence-electron chi connectivity index (χ2n) is 3.30. The van der Waals surface area contributed by atoms with E-state index in [0.717, 1.165) is 0 Å². The molecule has 0 aliphatic carbocycles. The van der Waals surface area contributed by atoms with Crippen molar-refractivity contribution in [1.82, 2.24) is 0 Å². The molecule has 1 aromatic rings. The fourth-order valence-electron chi connectivity index (χ4n) is 1.16. The molecular formula is C10H9N5O2S. The Morgan fingerprint density at radius 1 is 1.39 bits per heavy atom. The second kappa shape index (κ2) is 5.77. The minimum Gasteiger partial charge on any atom is -0.277 e. The van der Waals surface area contributed by atoms with Gasteiger partial charge in [0.1, 0.15) is 12.1 Å². The van der Waals surface area contributed by atoms with Crippen LogP contribution in [0.25, 0.3) is 0 Å². The molecule has 0 saturated heterocycles. The predicted octanol–water partition coefficient (Wildman–Crippen LogP) is 0.290. The van der Waals surface area contributed by atoms with Crippen LogP contribution in [0.3, 0.4) is 0 Å². The Labute approximate surface area is 104 Å². The van der Waals surface area contributed by atoms with E-state index in [4.69, 9.17) is 15.7 Å². The zero-order chi connectivity index (χ0) is 13.6. The van der Waals surface area contributed by atoms with Crippen LogP contribution in [-0.4, -0.2) is 14.1 Å². The normalized spacial score (nSPS) is 9.94.